The first kappa shape index (κ1) is 19.2. The van der Waals surface area contributed by atoms with Gasteiger partial charge in [-0.1, -0.05) is 27.4 Å². The Morgan fingerprint density at radius 2 is 1.92 bits per heavy atom. The van der Waals surface area contributed by atoms with Crippen molar-refractivity contribution in [3.63, 3.8) is 0 Å². The number of carbonyl (C=O) groups is 2. The lowest BCUT2D eigenvalue weighted by Gasteiger charge is -2.30. The zero-order chi connectivity index (χ0) is 18.9. The molecule has 7 heteroatoms. The van der Waals surface area contributed by atoms with Gasteiger partial charge in [-0.3, -0.25) is 14.5 Å². The van der Waals surface area contributed by atoms with Gasteiger partial charge in [-0.25, -0.2) is 4.98 Å². The Labute approximate surface area is 149 Å². The van der Waals surface area contributed by atoms with Crippen LogP contribution in [0.4, 0.5) is 0 Å². The van der Waals surface area contributed by atoms with Crippen LogP contribution in [0, 0.1) is 5.41 Å². The van der Waals surface area contributed by atoms with Crippen LogP contribution in [0.25, 0.3) is 5.57 Å². The molecule has 0 spiro atoms. The molecule has 2 amide bonds. The van der Waals surface area contributed by atoms with Crippen molar-refractivity contribution in [3.05, 3.63) is 23.8 Å². The molecule has 0 aromatic carbocycles. The zero-order valence-corrected chi connectivity index (χ0v) is 16.1. The summed E-state index contributed by atoms with van der Waals surface area (Å²) in [6.45, 7) is 13.9. The second-order valence-electron chi connectivity index (χ2n) is 7.79. The van der Waals surface area contributed by atoms with Crippen molar-refractivity contribution in [2.24, 2.45) is 5.41 Å². The van der Waals surface area contributed by atoms with Crippen molar-refractivity contribution in [2.75, 3.05) is 20.6 Å². The number of rotatable bonds is 4. The highest BCUT2D eigenvalue weighted by atomic mass is 16.2. The summed E-state index contributed by atoms with van der Waals surface area (Å²) in [4.78, 5) is 31.8. The first-order valence-electron chi connectivity index (χ1n) is 8.52. The molecule has 1 atom stereocenters. The molecule has 0 saturated heterocycles. The van der Waals surface area contributed by atoms with Gasteiger partial charge in [-0.05, 0) is 25.0 Å². The van der Waals surface area contributed by atoms with Crippen LogP contribution in [0.2, 0.25) is 0 Å². The summed E-state index contributed by atoms with van der Waals surface area (Å²) in [6, 6.07) is -0.642. The molecule has 2 N–H and O–H groups in total. The minimum atomic E-state index is -0.642. The van der Waals surface area contributed by atoms with Crippen LogP contribution >= 0.6 is 0 Å². The van der Waals surface area contributed by atoms with E-state index >= 15 is 0 Å². The normalized spacial score (nSPS) is 16.1. The minimum Gasteiger partial charge on any atom is -0.357 e. The summed E-state index contributed by atoms with van der Waals surface area (Å²) >= 11 is 0. The number of carbonyl (C=O) groups excluding carboxylic acids is 2. The molecule has 1 aliphatic heterocycles. The molecular weight excluding hydrogens is 318 g/mol. The second kappa shape index (κ2) is 7.00. The number of amides is 2. The molecule has 1 aliphatic rings. The lowest BCUT2D eigenvalue weighted by atomic mass is 9.86. The van der Waals surface area contributed by atoms with Crippen LogP contribution in [-0.4, -0.2) is 52.9 Å². The van der Waals surface area contributed by atoms with Gasteiger partial charge in [0.25, 0.3) is 5.91 Å². The van der Waals surface area contributed by atoms with E-state index in [-0.39, 0.29) is 11.8 Å². The Bertz CT molecular complexity index is 699. The third-order valence-corrected chi connectivity index (χ3v) is 4.44. The molecule has 0 bridgehead atoms. The van der Waals surface area contributed by atoms with Gasteiger partial charge in [0, 0.05) is 26.7 Å². The number of aromatic nitrogens is 2. The maximum Gasteiger partial charge on any atom is 0.272 e. The van der Waals surface area contributed by atoms with Gasteiger partial charge in [0.15, 0.2) is 5.69 Å². The standard InChI is InChI=1S/C18H29N5O2/c1-11(2)15-20-13(12-10-22(7)8-9-23(12)15)16(24)21-14(17(25)19-6)18(3,4)5/h14H,1,8-10H2,2-7H3,(H,19,25)(H,21,24)/t14-/m1/s1. The molecule has 0 unspecified atom stereocenters. The van der Waals surface area contributed by atoms with E-state index in [2.05, 4.69) is 31.7 Å². The van der Waals surface area contributed by atoms with Gasteiger partial charge < -0.3 is 15.2 Å². The van der Waals surface area contributed by atoms with Crippen molar-refractivity contribution in [3.8, 4) is 0 Å². The average molecular weight is 347 g/mol. The van der Waals surface area contributed by atoms with E-state index in [1.54, 1.807) is 7.05 Å². The smallest absolute Gasteiger partial charge is 0.272 e. The van der Waals surface area contributed by atoms with Crippen molar-refractivity contribution < 1.29 is 9.59 Å². The molecule has 25 heavy (non-hydrogen) atoms. The first-order valence-corrected chi connectivity index (χ1v) is 8.52. The fraction of sp³-hybridized carbons (Fsp3) is 0.611. The Morgan fingerprint density at radius 1 is 1.28 bits per heavy atom. The van der Waals surface area contributed by atoms with Gasteiger partial charge in [0.05, 0.1) is 5.69 Å². The lowest BCUT2D eigenvalue weighted by molar-refractivity contribution is -0.124. The quantitative estimate of drug-likeness (QED) is 0.859. The van der Waals surface area contributed by atoms with Gasteiger partial charge in [-0.2, -0.15) is 0 Å². The van der Waals surface area contributed by atoms with Crippen LogP contribution in [0.1, 0.15) is 49.7 Å². The highest BCUT2D eigenvalue weighted by Gasteiger charge is 2.34. The van der Waals surface area contributed by atoms with E-state index in [1.807, 2.05) is 34.7 Å². The van der Waals surface area contributed by atoms with Gasteiger partial charge >= 0.3 is 0 Å². The van der Waals surface area contributed by atoms with Gasteiger partial charge in [-0.15, -0.1) is 0 Å². The number of imidazole rings is 1. The van der Waals surface area contributed by atoms with Crippen molar-refractivity contribution in [1.29, 1.82) is 0 Å². The fourth-order valence-electron chi connectivity index (χ4n) is 3.02. The summed E-state index contributed by atoms with van der Waals surface area (Å²) in [5.74, 6) is 0.196. The third-order valence-electron chi connectivity index (χ3n) is 4.44. The maximum absolute atomic E-state index is 12.9. The molecule has 2 rings (SSSR count). The van der Waals surface area contributed by atoms with E-state index < -0.39 is 11.5 Å². The molecule has 138 valence electrons. The second-order valence-corrected chi connectivity index (χ2v) is 7.79. The van der Waals surface area contributed by atoms with Crippen molar-refractivity contribution >= 4 is 17.4 Å². The van der Waals surface area contributed by atoms with Crippen LogP contribution in [0.3, 0.4) is 0 Å². The van der Waals surface area contributed by atoms with E-state index in [0.29, 0.717) is 12.2 Å². The zero-order valence-electron chi connectivity index (χ0n) is 16.1. The number of allylic oxidation sites excluding steroid dienone is 1. The average Bonchev–Trinajstić information content (AvgIpc) is 2.89. The number of hydrogen-bond acceptors (Lipinski definition) is 4. The van der Waals surface area contributed by atoms with E-state index in [4.69, 9.17) is 0 Å². The highest BCUT2D eigenvalue weighted by molar-refractivity contribution is 5.97. The first-order chi connectivity index (χ1) is 11.6. The Kier molecular flexibility index (Phi) is 5.37. The van der Waals surface area contributed by atoms with E-state index in [1.165, 1.54) is 0 Å². The van der Waals surface area contributed by atoms with E-state index in [0.717, 1.165) is 30.2 Å². The number of nitrogens with one attached hydrogen (secondary N) is 2. The Morgan fingerprint density at radius 3 is 2.44 bits per heavy atom. The molecule has 1 aromatic heterocycles. The summed E-state index contributed by atoms with van der Waals surface area (Å²) < 4.78 is 2.06. The minimum absolute atomic E-state index is 0.217. The highest BCUT2D eigenvalue weighted by Crippen LogP contribution is 2.24. The predicted molar refractivity (Wildman–Crippen MR) is 98.0 cm³/mol. The molecule has 7 nitrogen and oxygen atoms in total. The molecule has 0 fully saturated rings. The van der Waals surface area contributed by atoms with E-state index in [9.17, 15) is 9.59 Å². The van der Waals surface area contributed by atoms with Crippen molar-refractivity contribution in [2.45, 2.75) is 46.8 Å². The molecule has 0 radical (unpaired) electrons. The molecular formula is C18H29N5O2. The maximum atomic E-state index is 12.9. The topological polar surface area (TPSA) is 79.3 Å². The van der Waals surface area contributed by atoms with Crippen LogP contribution in [-0.2, 0) is 17.9 Å². The predicted octanol–water partition coefficient (Wildman–Crippen LogP) is 1.25. The SMILES string of the molecule is C=C(C)c1nc(C(=O)N[C@H](C(=O)NC)C(C)(C)C)c2n1CCN(C)C2. The number of hydrogen-bond donors (Lipinski definition) is 2. The van der Waals surface area contributed by atoms with Gasteiger partial charge in [0.1, 0.15) is 11.9 Å². The number of fused-ring (bicyclic) bond motifs is 1. The van der Waals surface area contributed by atoms with Crippen LogP contribution < -0.4 is 10.6 Å². The summed E-state index contributed by atoms with van der Waals surface area (Å²) in [5, 5.41) is 5.49. The summed E-state index contributed by atoms with van der Waals surface area (Å²) in [7, 11) is 3.58. The van der Waals surface area contributed by atoms with Crippen molar-refractivity contribution in [1.82, 2.24) is 25.1 Å². The number of nitrogens with zero attached hydrogens (tertiary/aromatic N) is 3. The van der Waals surface area contributed by atoms with Crippen LogP contribution in [0.5, 0.6) is 0 Å². The summed E-state index contributed by atoms with van der Waals surface area (Å²) in [5.41, 5.74) is 1.66. The Hall–Kier alpha value is -2.15. The molecule has 2 heterocycles. The largest absolute Gasteiger partial charge is 0.357 e. The monoisotopic (exact) mass is 347 g/mol. The lowest BCUT2D eigenvalue weighted by Crippen LogP contribution is -2.53. The van der Waals surface area contributed by atoms with Gasteiger partial charge in [0.2, 0.25) is 5.91 Å². The molecule has 0 saturated carbocycles. The van der Waals surface area contributed by atoms with Crippen LogP contribution in [0.15, 0.2) is 6.58 Å². The molecule has 1 aromatic rings. The third kappa shape index (κ3) is 3.92. The summed E-state index contributed by atoms with van der Waals surface area (Å²) in [6.07, 6.45) is 0. The Balaban J connectivity index is 2.39. The fourth-order valence-corrected chi connectivity index (χ4v) is 3.02. The number of likely N-dealkylation sites (N-methyl/N-ethyl adjacent to an activating group) is 2. The molecule has 0 aliphatic carbocycles.